The summed E-state index contributed by atoms with van der Waals surface area (Å²) in [7, 11) is -3.45. The molecule has 1 aliphatic heterocycles. The molecule has 0 unspecified atom stereocenters. The van der Waals surface area contributed by atoms with Gasteiger partial charge in [-0.2, -0.15) is 0 Å². The van der Waals surface area contributed by atoms with Crippen molar-refractivity contribution >= 4 is 21.6 Å². The second-order valence-corrected chi connectivity index (χ2v) is 7.37. The minimum Gasteiger partial charge on any atom is -0.312 e. The number of carbonyl (C=O) groups is 1. The van der Waals surface area contributed by atoms with Crippen LogP contribution in [0, 0.1) is 0 Å². The summed E-state index contributed by atoms with van der Waals surface area (Å²) in [5, 5.41) is 0. The van der Waals surface area contributed by atoms with Crippen molar-refractivity contribution in [1.82, 2.24) is 4.72 Å². The SMILES string of the molecule is CCCCCCNS(=O)(=O)c1ccc(N2CCCC2=O)cc1. The maximum Gasteiger partial charge on any atom is 0.240 e. The van der Waals surface area contributed by atoms with Crippen LogP contribution in [-0.4, -0.2) is 27.4 Å². The standard InChI is InChI=1S/C16H24N2O3S/c1-2-3-4-5-12-17-22(20,21)15-10-8-14(9-11-15)18-13-6-7-16(18)19/h8-11,17H,2-7,12-13H2,1H3. The van der Waals surface area contributed by atoms with E-state index in [1.54, 1.807) is 29.2 Å². The number of benzene rings is 1. The number of carbonyl (C=O) groups excluding carboxylic acids is 1. The minimum absolute atomic E-state index is 0.102. The predicted octanol–water partition coefficient (Wildman–Crippen LogP) is 2.67. The Morgan fingerprint density at radius 3 is 2.45 bits per heavy atom. The first-order chi connectivity index (χ1) is 10.5. The molecule has 5 nitrogen and oxygen atoms in total. The number of anilines is 1. The van der Waals surface area contributed by atoms with Gasteiger partial charge in [0.05, 0.1) is 4.90 Å². The lowest BCUT2D eigenvalue weighted by atomic mass is 10.2. The number of sulfonamides is 1. The first-order valence-electron chi connectivity index (χ1n) is 7.94. The molecule has 2 rings (SSSR count). The van der Waals surface area contributed by atoms with E-state index in [1.165, 1.54) is 0 Å². The zero-order valence-electron chi connectivity index (χ0n) is 13.0. The number of rotatable bonds is 8. The lowest BCUT2D eigenvalue weighted by molar-refractivity contribution is -0.117. The summed E-state index contributed by atoms with van der Waals surface area (Å²) in [6, 6.07) is 6.54. The van der Waals surface area contributed by atoms with Gasteiger partial charge in [0.2, 0.25) is 15.9 Å². The van der Waals surface area contributed by atoms with Crippen LogP contribution in [0.1, 0.15) is 45.4 Å². The Bertz CT molecular complexity index is 596. The van der Waals surface area contributed by atoms with Crippen LogP contribution in [0.4, 0.5) is 5.69 Å². The molecule has 0 spiro atoms. The molecule has 0 aliphatic carbocycles. The van der Waals surface area contributed by atoms with Gasteiger partial charge in [0.15, 0.2) is 0 Å². The van der Waals surface area contributed by atoms with E-state index in [0.29, 0.717) is 19.5 Å². The van der Waals surface area contributed by atoms with Gasteiger partial charge in [0.1, 0.15) is 0 Å². The molecule has 0 radical (unpaired) electrons. The number of hydrogen-bond donors (Lipinski definition) is 1. The third kappa shape index (κ3) is 4.30. The zero-order chi connectivity index (χ0) is 16.0. The summed E-state index contributed by atoms with van der Waals surface area (Å²) in [5.41, 5.74) is 0.768. The predicted molar refractivity (Wildman–Crippen MR) is 87.4 cm³/mol. The second-order valence-electron chi connectivity index (χ2n) is 5.60. The van der Waals surface area contributed by atoms with Crippen LogP contribution >= 0.6 is 0 Å². The molecule has 0 saturated carbocycles. The highest BCUT2D eigenvalue weighted by Gasteiger charge is 2.22. The monoisotopic (exact) mass is 324 g/mol. The molecule has 1 aliphatic rings. The summed E-state index contributed by atoms with van der Waals surface area (Å²) in [5.74, 6) is 0.102. The second kappa shape index (κ2) is 7.74. The minimum atomic E-state index is -3.45. The van der Waals surface area contributed by atoms with Gasteiger partial charge >= 0.3 is 0 Å². The largest absolute Gasteiger partial charge is 0.312 e. The maximum absolute atomic E-state index is 12.2. The molecule has 1 amide bonds. The van der Waals surface area contributed by atoms with Crippen LogP contribution in [0.3, 0.4) is 0 Å². The van der Waals surface area contributed by atoms with Gasteiger partial charge in [-0.25, -0.2) is 13.1 Å². The Kier molecular flexibility index (Phi) is 5.97. The summed E-state index contributed by atoms with van der Waals surface area (Å²) in [6.07, 6.45) is 5.57. The molecule has 1 heterocycles. The Labute approximate surface area is 132 Å². The van der Waals surface area contributed by atoms with Gasteiger partial charge in [0.25, 0.3) is 0 Å². The quantitative estimate of drug-likeness (QED) is 0.748. The van der Waals surface area contributed by atoms with Gasteiger partial charge in [0, 0.05) is 25.2 Å². The topological polar surface area (TPSA) is 66.5 Å². The summed E-state index contributed by atoms with van der Waals surface area (Å²) < 4.78 is 27.0. The fraction of sp³-hybridized carbons (Fsp3) is 0.562. The van der Waals surface area contributed by atoms with Crippen molar-refractivity contribution in [2.75, 3.05) is 18.0 Å². The highest BCUT2D eigenvalue weighted by Crippen LogP contribution is 2.22. The van der Waals surface area contributed by atoms with Gasteiger partial charge in [-0.15, -0.1) is 0 Å². The maximum atomic E-state index is 12.2. The van der Waals surface area contributed by atoms with Crippen molar-refractivity contribution in [2.45, 2.75) is 50.3 Å². The summed E-state index contributed by atoms with van der Waals surface area (Å²) in [4.78, 5) is 13.6. The van der Waals surface area contributed by atoms with Crippen molar-refractivity contribution in [3.05, 3.63) is 24.3 Å². The number of nitrogens with one attached hydrogen (secondary N) is 1. The number of unbranched alkanes of at least 4 members (excludes halogenated alkanes) is 3. The molecule has 1 saturated heterocycles. The van der Waals surface area contributed by atoms with E-state index < -0.39 is 10.0 Å². The molecule has 0 atom stereocenters. The first kappa shape index (κ1) is 17.0. The van der Waals surface area contributed by atoms with Crippen LogP contribution in [0.5, 0.6) is 0 Å². The Hall–Kier alpha value is -1.40. The Morgan fingerprint density at radius 2 is 1.86 bits per heavy atom. The molecule has 0 bridgehead atoms. The normalized spacial score (nSPS) is 15.5. The average Bonchev–Trinajstić information content (AvgIpc) is 2.93. The van der Waals surface area contributed by atoms with Crippen LogP contribution in [0.2, 0.25) is 0 Å². The molecule has 22 heavy (non-hydrogen) atoms. The summed E-state index contributed by atoms with van der Waals surface area (Å²) >= 11 is 0. The molecule has 0 aromatic heterocycles. The van der Waals surface area contributed by atoms with Crippen LogP contribution in [0.15, 0.2) is 29.2 Å². The van der Waals surface area contributed by atoms with Crippen molar-refractivity contribution in [3.8, 4) is 0 Å². The fourth-order valence-electron chi connectivity index (χ4n) is 2.57. The number of nitrogens with zero attached hydrogens (tertiary/aromatic N) is 1. The van der Waals surface area contributed by atoms with Gasteiger partial charge in [-0.3, -0.25) is 4.79 Å². The van der Waals surface area contributed by atoms with E-state index in [-0.39, 0.29) is 10.8 Å². The molecule has 1 aromatic rings. The molecule has 1 N–H and O–H groups in total. The van der Waals surface area contributed by atoms with Crippen molar-refractivity contribution in [2.24, 2.45) is 0 Å². The van der Waals surface area contributed by atoms with E-state index in [0.717, 1.165) is 37.8 Å². The lowest BCUT2D eigenvalue weighted by Gasteiger charge is -2.16. The third-order valence-electron chi connectivity index (χ3n) is 3.85. The van der Waals surface area contributed by atoms with Gasteiger partial charge in [-0.05, 0) is 37.1 Å². The first-order valence-corrected chi connectivity index (χ1v) is 9.43. The Balaban J connectivity index is 1.95. The molecular weight excluding hydrogens is 300 g/mol. The number of hydrogen-bond acceptors (Lipinski definition) is 3. The van der Waals surface area contributed by atoms with E-state index in [4.69, 9.17) is 0 Å². The zero-order valence-corrected chi connectivity index (χ0v) is 13.9. The van der Waals surface area contributed by atoms with Gasteiger partial charge in [-0.1, -0.05) is 26.2 Å². The molecule has 122 valence electrons. The van der Waals surface area contributed by atoms with E-state index >= 15 is 0 Å². The highest BCUT2D eigenvalue weighted by molar-refractivity contribution is 7.89. The smallest absolute Gasteiger partial charge is 0.240 e. The van der Waals surface area contributed by atoms with Crippen molar-refractivity contribution < 1.29 is 13.2 Å². The molecule has 1 aromatic carbocycles. The van der Waals surface area contributed by atoms with E-state index in [1.807, 2.05) is 0 Å². The third-order valence-corrected chi connectivity index (χ3v) is 5.33. The lowest BCUT2D eigenvalue weighted by Crippen LogP contribution is -2.25. The van der Waals surface area contributed by atoms with Crippen LogP contribution in [0.25, 0.3) is 0 Å². The Morgan fingerprint density at radius 1 is 1.14 bits per heavy atom. The highest BCUT2D eigenvalue weighted by atomic mass is 32.2. The van der Waals surface area contributed by atoms with E-state index in [9.17, 15) is 13.2 Å². The molecular formula is C16H24N2O3S. The van der Waals surface area contributed by atoms with Crippen molar-refractivity contribution in [1.29, 1.82) is 0 Å². The summed E-state index contributed by atoms with van der Waals surface area (Å²) in [6.45, 7) is 3.30. The van der Waals surface area contributed by atoms with Crippen LogP contribution in [-0.2, 0) is 14.8 Å². The fourth-order valence-corrected chi connectivity index (χ4v) is 3.64. The molecule has 1 fully saturated rings. The van der Waals surface area contributed by atoms with E-state index in [2.05, 4.69) is 11.6 Å². The van der Waals surface area contributed by atoms with Gasteiger partial charge < -0.3 is 4.90 Å². The average molecular weight is 324 g/mol. The van der Waals surface area contributed by atoms with Crippen LogP contribution < -0.4 is 9.62 Å². The van der Waals surface area contributed by atoms with Crippen molar-refractivity contribution in [3.63, 3.8) is 0 Å². The number of amides is 1. The molecule has 6 heteroatoms.